The maximum atomic E-state index is 12.6. The molecule has 0 saturated heterocycles. The van der Waals surface area contributed by atoms with Crippen molar-refractivity contribution in [2.75, 3.05) is 11.1 Å². The van der Waals surface area contributed by atoms with Crippen molar-refractivity contribution in [3.05, 3.63) is 101 Å². The molecule has 0 fully saturated rings. The van der Waals surface area contributed by atoms with Crippen molar-refractivity contribution in [3.8, 4) is 5.75 Å². The highest BCUT2D eigenvalue weighted by Gasteiger charge is 2.20. The van der Waals surface area contributed by atoms with Gasteiger partial charge in [0.2, 0.25) is 11.8 Å². The molecule has 37 heavy (non-hydrogen) atoms. The summed E-state index contributed by atoms with van der Waals surface area (Å²) < 4.78 is 8.03. The van der Waals surface area contributed by atoms with Gasteiger partial charge in [-0.15, -0.1) is 10.2 Å². The molecule has 4 aromatic rings. The highest BCUT2D eigenvalue weighted by Crippen LogP contribution is 2.27. The zero-order chi connectivity index (χ0) is 26.2. The molecule has 4 rings (SSSR count). The number of hydrogen-bond donors (Lipinski definition) is 2. The Bertz CT molecular complexity index is 1340. The number of ether oxygens (including phenoxy) is 1. The summed E-state index contributed by atoms with van der Waals surface area (Å²) >= 11 is 1.30. The Hall–Kier alpha value is -4.11. The van der Waals surface area contributed by atoms with E-state index in [0.29, 0.717) is 22.2 Å². The molecule has 0 aliphatic rings. The Kier molecular flexibility index (Phi) is 8.58. The van der Waals surface area contributed by atoms with Gasteiger partial charge in [-0.25, -0.2) is 0 Å². The summed E-state index contributed by atoms with van der Waals surface area (Å²) in [5.41, 5.74) is 8.57. The van der Waals surface area contributed by atoms with Crippen LogP contribution in [-0.2, 0) is 17.8 Å². The second-order valence-corrected chi connectivity index (χ2v) is 9.36. The molecule has 1 atom stereocenters. The molecule has 0 saturated carbocycles. The number of amides is 2. The van der Waals surface area contributed by atoms with Crippen LogP contribution >= 0.6 is 11.8 Å². The van der Waals surface area contributed by atoms with Crippen LogP contribution in [0.25, 0.3) is 0 Å². The van der Waals surface area contributed by atoms with Gasteiger partial charge in [0, 0.05) is 11.3 Å². The first-order valence-electron chi connectivity index (χ1n) is 12.0. The Morgan fingerprint density at radius 2 is 1.70 bits per heavy atom. The lowest BCUT2D eigenvalue weighted by atomic mass is 10.1. The monoisotopic (exact) mass is 515 g/mol. The largest absolute Gasteiger partial charge is 0.486 e. The van der Waals surface area contributed by atoms with Crippen LogP contribution in [0.3, 0.4) is 0 Å². The molecule has 8 nitrogen and oxygen atoms in total. The van der Waals surface area contributed by atoms with E-state index >= 15 is 0 Å². The van der Waals surface area contributed by atoms with Gasteiger partial charge in [0.05, 0.1) is 11.8 Å². The molecule has 0 unspecified atom stereocenters. The fraction of sp³-hybridized carbons (Fsp3) is 0.214. The van der Waals surface area contributed by atoms with E-state index in [-0.39, 0.29) is 24.3 Å². The molecule has 3 aromatic carbocycles. The minimum Gasteiger partial charge on any atom is -0.486 e. The summed E-state index contributed by atoms with van der Waals surface area (Å²) in [4.78, 5) is 23.9. The number of nitrogens with zero attached hydrogens (tertiary/aromatic N) is 3. The Labute approximate surface area is 220 Å². The van der Waals surface area contributed by atoms with Crippen LogP contribution in [0.4, 0.5) is 5.69 Å². The maximum absolute atomic E-state index is 12.6. The third-order valence-electron chi connectivity index (χ3n) is 5.89. The van der Waals surface area contributed by atoms with Gasteiger partial charge in [-0.3, -0.25) is 14.2 Å². The Balaban J connectivity index is 1.48. The Morgan fingerprint density at radius 1 is 1.00 bits per heavy atom. The maximum Gasteiger partial charge on any atom is 0.248 e. The number of nitrogens with two attached hydrogens (primary N) is 1. The average molecular weight is 516 g/mol. The second-order valence-electron chi connectivity index (χ2n) is 8.42. The lowest BCUT2D eigenvalue weighted by molar-refractivity contribution is -0.113. The van der Waals surface area contributed by atoms with Crippen LogP contribution < -0.4 is 15.8 Å². The van der Waals surface area contributed by atoms with Crippen LogP contribution in [0.15, 0.2) is 84.0 Å². The summed E-state index contributed by atoms with van der Waals surface area (Å²) in [6, 6.07) is 24.4. The quantitative estimate of drug-likeness (QED) is 0.276. The van der Waals surface area contributed by atoms with E-state index < -0.39 is 5.91 Å². The third kappa shape index (κ3) is 6.77. The van der Waals surface area contributed by atoms with E-state index in [1.807, 2.05) is 47.0 Å². The second kappa shape index (κ2) is 12.2. The summed E-state index contributed by atoms with van der Waals surface area (Å²) in [5, 5.41) is 12.2. The van der Waals surface area contributed by atoms with Gasteiger partial charge in [-0.05, 0) is 60.9 Å². The molecule has 1 heterocycles. The minimum atomic E-state index is -0.516. The smallest absolute Gasteiger partial charge is 0.248 e. The minimum absolute atomic E-state index is 0.0656. The number of hydrogen-bond acceptors (Lipinski definition) is 6. The first-order chi connectivity index (χ1) is 17.9. The zero-order valence-electron chi connectivity index (χ0n) is 20.8. The molecule has 0 bridgehead atoms. The van der Waals surface area contributed by atoms with Crippen molar-refractivity contribution in [1.29, 1.82) is 0 Å². The third-order valence-corrected chi connectivity index (χ3v) is 6.83. The summed E-state index contributed by atoms with van der Waals surface area (Å²) in [6.07, 6.45) is 0.968. The van der Waals surface area contributed by atoms with Crippen LogP contribution in [0, 0.1) is 0 Å². The summed E-state index contributed by atoms with van der Waals surface area (Å²) in [6.45, 7) is 4.43. The number of nitrogens with one attached hydrogen (secondary N) is 1. The van der Waals surface area contributed by atoms with E-state index in [1.54, 1.807) is 24.3 Å². The van der Waals surface area contributed by atoms with Gasteiger partial charge >= 0.3 is 0 Å². The van der Waals surface area contributed by atoms with Crippen molar-refractivity contribution in [1.82, 2.24) is 14.8 Å². The number of aromatic nitrogens is 3. The molecule has 0 aliphatic heterocycles. The van der Waals surface area contributed by atoms with Crippen molar-refractivity contribution < 1.29 is 14.3 Å². The molecule has 9 heteroatoms. The number of anilines is 1. The summed E-state index contributed by atoms with van der Waals surface area (Å²) in [5.74, 6) is 0.845. The topological polar surface area (TPSA) is 112 Å². The number of primary amides is 1. The van der Waals surface area contributed by atoms with Crippen LogP contribution in [0.5, 0.6) is 5.75 Å². The van der Waals surface area contributed by atoms with Gasteiger partial charge in [-0.1, -0.05) is 61.2 Å². The number of carbonyl (C=O) groups excluding carboxylic acids is 2. The lowest BCUT2D eigenvalue weighted by Crippen LogP contribution is -2.17. The van der Waals surface area contributed by atoms with E-state index in [1.165, 1.54) is 17.3 Å². The van der Waals surface area contributed by atoms with Crippen LogP contribution in [0.1, 0.15) is 47.2 Å². The number of rotatable bonds is 11. The zero-order valence-corrected chi connectivity index (χ0v) is 21.6. The van der Waals surface area contributed by atoms with E-state index in [4.69, 9.17) is 10.5 Å². The molecule has 2 amide bonds. The first-order valence-corrected chi connectivity index (χ1v) is 13.0. The van der Waals surface area contributed by atoms with Crippen molar-refractivity contribution in [2.24, 2.45) is 5.73 Å². The highest BCUT2D eigenvalue weighted by molar-refractivity contribution is 7.99. The Morgan fingerprint density at radius 3 is 2.35 bits per heavy atom. The summed E-state index contributed by atoms with van der Waals surface area (Å²) in [7, 11) is 0. The fourth-order valence-electron chi connectivity index (χ4n) is 3.79. The molecule has 0 spiro atoms. The van der Waals surface area contributed by atoms with Gasteiger partial charge < -0.3 is 15.8 Å². The lowest BCUT2D eigenvalue weighted by Gasteiger charge is -2.18. The van der Waals surface area contributed by atoms with Crippen molar-refractivity contribution in [3.63, 3.8) is 0 Å². The predicted molar refractivity (Wildman–Crippen MR) is 145 cm³/mol. The number of carbonyl (C=O) groups is 2. The number of thioether (sulfide) groups is 1. The molecule has 3 N–H and O–H groups in total. The number of aryl methyl sites for hydroxylation is 1. The van der Waals surface area contributed by atoms with Crippen LogP contribution in [-0.4, -0.2) is 32.3 Å². The van der Waals surface area contributed by atoms with Crippen LogP contribution in [0.2, 0.25) is 0 Å². The van der Waals surface area contributed by atoms with E-state index in [9.17, 15) is 9.59 Å². The van der Waals surface area contributed by atoms with Gasteiger partial charge in [0.1, 0.15) is 12.4 Å². The molecule has 0 aliphatic carbocycles. The SMILES string of the molecule is CCc1ccc(OCc2nnc(SCC(=O)Nc3ccc(C(N)=O)cc3)n2[C@@H](C)c2ccccc2)cc1. The van der Waals surface area contributed by atoms with E-state index in [2.05, 4.69) is 41.5 Å². The van der Waals surface area contributed by atoms with Crippen molar-refractivity contribution in [2.45, 2.75) is 38.1 Å². The highest BCUT2D eigenvalue weighted by atomic mass is 32.2. The average Bonchev–Trinajstić information content (AvgIpc) is 3.34. The van der Waals surface area contributed by atoms with Gasteiger partial charge in [-0.2, -0.15) is 0 Å². The predicted octanol–water partition coefficient (Wildman–Crippen LogP) is 4.86. The molecule has 190 valence electrons. The van der Waals surface area contributed by atoms with Gasteiger partial charge in [0.25, 0.3) is 0 Å². The number of benzene rings is 3. The molecular formula is C28H29N5O3S. The standard InChI is InChI=1S/C28H29N5O3S/c1-3-20-9-15-24(16-10-20)36-17-25-31-32-28(33(25)19(2)21-7-5-4-6-8-21)37-18-26(34)30-23-13-11-22(12-14-23)27(29)35/h4-16,19H,3,17-18H2,1-2H3,(H2,29,35)(H,30,34)/t19-/m0/s1. The fourth-order valence-corrected chi connectivity index (χ4v) is 4.62. The molecule has 0 radical (unpaired) electrons. The molecule has 1 aromatic heterocycles. The van der Waals surface area contributed by atoms with E-state index in [0.717, 1.165) is 17.7 Å². The molecular weight excluding hydrogens is 486 g/mol. The first kappa shape index (κ1) is 26.0. The van der Waals surface area contributed by atoms with Crippen molar-refractivity contribution >= 4 is 29.3 Å². The van der Waals surface area contributed by atoms with Gasteiger partial charge in [0.15, 0.2) is 11.0 Å². The normalized spacial score (nSPS) is 11.6.